The molecule has 2 aliphatic rings. The third-order valence-electron chi connectivity index (χ3n) is 3.29. The van der Waals surface area contributed by atoms with Crippen molar-refractivity contribution in [2.45, 2.75) is 24.9 Å². The monoisotopic (exact) mass is 209 g/mol. The van der Waals surface area contributed by atoms with Crippen molar-refractivity contribution in [3.05, 3.63) is 21.9 Å². The number of morpholine rings is 1. The van der Waals surface area contributed by atoms with E-state index in [-0.39, 0.29) is 5.60 Å². The van der Waals surface area contributed by atoms with Gasteiger partial charge >= 0.3 is 0 Å². The van der Waals surface area contributed by atoms with Gasteiger partial charge in [0.2, 0.25) is 0 Å². The van der Waals surface area contributed by atoms with Crippen molar-refractivity contribution in [2.75, 3.05) is 19.7 Å². The van der Waals surface area contributed by atoms with Gasteiger partial charge in [-0.1, -0.05) is 0 Å². The van der Waals surface area contributed by atoms with E-state index in [0.29, 0.717) is 0 Å². The van der Waals surface area contributed by atoms with Crippen LogP contribution in [0.4, 0.5) is 0 Å². The molecule has 0 amide bonds. The lowest BCUT2D eigenvalue weighted by Crippen LogP contribution is -2.48. The van der Waals surface area contributed by atoms with Crippen molar-refractivity contribution in [3.63, 3.8) is 0 Å². The van der Waals surface area contributed by atoms with Crippen LogP contribution in [0.15, 0.2) is 11.4 Å². The molecule has 2 nitrogen and oxygen atoms in total. The molecular formula is C11H15NOS. The molecule has 0 aromatic carbocycles. The van der Waals surface area contributed by atoms with E-state index in [1.807, 2.05) is 11.3 Å². The Kier molecular flexibility index (Phi) is 2.11. The summed E-state index contributed by atoms with van der Waals surface area (Å²) in [5, 5.41) is 5.66. The SMILES string of the molecule is c1cc2c(s1)CCCC21CNCCO1. The number of thiophene rings is 1. The molecule has 1 saturated heterocycles. The van der Waals surface area contributed by atoms with Crippen LogP contribution in [0.2, 0.25) is 0 Å². The van der Waals surface area contributed by atoms with E-state index in [1.165, 1.54) is 24.8 Å². The molecule has 3 heteroatoms. The first-order chi connectivity index (χ1) is 6.91. The van der Waals surface area contributed by atoms with E-state index in [2.05, 4.69) is 16.8 Å². The quantitative estimate of drug-likeness (QED) is 0.704. The van der Waals surface area contributed by atoms with Gasteiger partial charge in [0.25, 0.3) is 0 Å². The van der Waals surface area contributed by atoms with Gasteiger partial charge in [-0.05, 0) is 36.3 Å². The predicted molar refractivity (Wildman–Crippen MR) is 57.8 cm³/mol. The Morgan fingerprint density at radius 2 is 2.50 bits per heavy atom. The summed E-state index contributed by atoms with van der Waals surface area (Å²) < 4.78 is 6.04. The minimum absolute atomic E-state index is 0.0197. The van der Waals surface area contributed by atoms with Crippen LogP contribution in [0.5, 0.6) is 0 Å². The summed E-state index contributed by atoms with van der Waals surface area (Å²) in [4.78, 5) is 1.54. The van der Waals surface area contributed by atoms with Crippen LogP contribution in [0.1, 0.15) is 23.3 Å². The summed E-state index contributed by atoms with van der Waals surface area (Å²) in [5.41, 5.74) is 1.48. The zero-order valence-corrected chi connectivity index (χ0v) is 9.03. The van der Waals surface area contributed by atoms with Crippen molar-refractivity contribution >= 4 is 11.3 Å². The lowest BCUT2D eigenvalue weighted by molar-refractivity contribution is -0.0814. The molecule has 1 spiro atoms. The number of nitrogens with one attached hydrogen (secondary N) is 1. The Morgan fingerprint density at radius 1 is 1.50 bits per heavy atom. The van der Waals surface area contributed by atoms with E-state index in [4.69, 9.17) is 4.74 Å². The number of rotatable bonds is 0. The zero-order chi connectivity index (χ0) is 9.43. The van der Waals surface area contributed by atoms with Crippen molar-refractivity contribution in [1.29, 1.82) is 0 Å². The Labute approximate surface area is 88.3 Å². The highest BCUT2D eigenvalue weighted by atomic mass is 32.1. The first-order valence-electron chi connectivity index (χ1n) is 5.32. The molecule has 1 fully saturated rings. The van der Waals surface area contributed by atoms with Gasteiger partial charge in [0, 0.05) is 18.0 Å². The largest absolute Gasteiger partial charge is 0.368 e. The fourth-order valence-corrected chi connectivity index (χ4v) is 3.61. The smallest absolute Gasteiger partial charge is 0.107 e. The standard InChI is InChI=1S/C11H15NOS/c1-2-10-9(3-7-14-10)11(4-1)8-12-5-6-13-11/h3,7,12H,1-2,4-6,8H2. The molecule has 1 atom stereocenters. The van der Waals surface area contributed by atoms with Crippen LogP contribution in [0, 0.1) is 0 Å². The number of ether oxygens (including phenoxy) is 1. The molecular weight excluding hydrogens is 194 g/mol. The van der Waals surface area contributed by atoms with E-state index >= 15 is 0 Å². The average Bonchev–Trinajstić information content (AvgIpc) is 2.69. The maximum Gasteiger partial charge on any atom is 0.107 e. The highest BCUT2D eigenvalue weighted by molar-refractivity contribution is 7.10. The zero-order valence-electron chi connectivity index (χ0n) is 8.21. The number of hydrogen-bond donors (Lipinski definition) is 1. The molecule has 2 heterocycles. The Balaban J connectivity index is 2.01. The second-order valence-corrected chi connectivity index (χ2v) is 5.13. The van der Waals surface area contributed by atoms with E-state index in [0.717, 1.165) is 19.7 Å². The topological polar surface area (TPSA) is 21.3 Å². The van der Waals surface area contributed by atoms with Crippen LogP contribution in [-0.4, -0.2) is 19.7 Å². The second kappa shape index (κ2) is 3.33. The molecule has 0 saturated carbocycles. The summed E-state index contributed by atoms with van der Waals surface area (Å²) in [7, 11) is 0. The summed E-state index contributed by atoms with van der Waals surface area (Å²) in [5.74, 6) is 0. The van der Waals surface area contributed by atoms with E-state index in [1.54, 1.807) is 4.88 Å². The Hall–Kier alpha value is -0.380. The molecule has 1 N–H and O–H groups in total. The van der Waals surface area contributed by atoms with Crippen LogP contribution >= 0.6 is 11.3 Å². The van der Waals surface area contributed by atoms with Crippen LogP contribution in [0.25, 0.3) is 0 Å². The fraction of sp³-hybridized carbons (Fsp3) is 0.636. The van der Waals surface area contributed by atoms with Gasteiger partial charge in [-0.25, -0.2) is 0 Å². The van der Waals surface area contributed by atoms with Crippen molar-refractivity contribution in [1.82, 2.24) is 5.32 Å². The Bertz CT molecular complexity index is 328. The molecule has 1 aliphatic heterocycles. The lowest BCUT2D eigenvalue weighted by atomic mass is 9.82. The molecule has 1 unspecified atom stereocenters. The minimum atomic E-state index is 0.0197. The van der Waals surface area contributed by atoms with Crippen LogP contribution in [-0.2, 0) is 16.8 Å². The Morgan fingerprint density at radius 3 is 3.36 bits per heavy atom. The summed E-state index contributed by atoms with van der Waals surface area (Å²) in [6.07, 6.45) is 3.71. The van der Waals surface area contributed by atoms with Gasteiger partial charge in [0.05, 0.1) is 6.61 Å². The molecule has 1 aromatic rings. The summed E-state index contributed by atoms with van der Waals surface area (Å²) in [6, 6.07) is 2.26. The lowest BCUT2D eigenvalue weighted by Gasteiger charge is -2.40. The van der Waals surface area contributed by atoms with Crippen LogP contribution in [0.3, 0.4) is 0 Å². The fourth-order valence-electron chi connectivity index (χ4n) is 2.60. The molecule has 0 bridgehead atoms. The molecule has 1 aliphatic carbocycles. The maximum atomic E-state index is 6.04. The molecule has 14 heavy (non-hydrogen) atoms. The highest BCUT2D eigenvalue weighted by Gasteiger charge is 2.39. The predicted octanol–water partition coefficient (Wildman–Crippen LogP) is 1.90. The van der Waals surface area contributed by atoms with Gasteiger partial charge < -0.3 is 10.1 Å². The van der Waals surface area contributed by atoms with Crippen molar-refractivity contribution in [3.8, 4) is 0 Å². The summed E-state index contributed by atoms with van der Waals surface area (Å²) in [6.45, 7) is 2.85. The van der Waals surface area contributed by atoms with Crippen molar-refractivity contribution < 1.29 is 4.74 Å². The maximum absolute atomic E-state index is 6.04. The molecule has 3 rings (SSSR count). The number of hydrogen-bond acceptors (Lipinski definition) is 3. The molecule has 1 aromatic heterocycles. The van der Waals surface area contributed by atoms with Gasteiger partial charge in [0.1, 0.15) is 5.60 Å². The molecule has 76 valence electrons. The first-order valence-corrected chi connectivity index (χ1v) is 6.20. The van der Waals surface area contributed by atoms with E-state index < -0.39 is 0 Å². The van der Waals surface area contributed by atoms with Gasteiger partial charge in [-0.3, -0.25) is 0 Å². The second-order valence-electron chi connectivity index (χ2n) is 4.13. The molecule has 0 radical (unpaired) electrons. The summed E-state index contributed by atoms with van der Waals surface area (Å²) >= 11 is 1.89. The van der Waals surface area contributed by atoms with Gasteiger partial charge in [0.15, 0.2) is 0 Å². The average molecular weight is 209 g/mol. The van der Waals surface area contributed by atoms with Crippen molar-refractivity contribution in [2.24, 2.45) is 0 Å². The van der Waals surface area contributed by atoms with Crippen LogP contribution < -0.4 is 5.32 Å². The van der Waals surface area contributed by atoms with Gasteiger partial charge in [-0.15, -0.1) is 11.3 Å². The normalized spacial score (nSPS) is 31.7. The number of fused-ring (bicyclic) bond motifs is 2. The third-order valence-corrected chi connectivity index (χ3v) is 4.27. The highest BCUT2D eigenvalue weighted by Crippen LogP contribution is 2.41. The number of aryl methyl sites for hydroxylation is 1. The minimum Gasteiger partial charge on any atom is -0.368 e. The third kappa shape index (κ3) is 1.23. The van der Waals surface area contributed by atoms with E-state index in [9.17, 15) is 0 Å². The van der Waals surface area contributed by atoms with Gasteiger partial charge in [-0.2, -0.15) is 0 Å². The first kappa shape index (κ1) is 8.89.